The van der Waals surface area contributed by atoms with E-state index in [4.69, 9.17) is 4.74 Å². The highest BCUT2D eigenvalue weighted by atomic mass is 127. The van der Waals surface area contributed by atoms with Gasteiger partial charge >= 0.3 is 5.97 Å². The maximum Gasteiger partial charge on any atom is 0.305 e. The van der Waals surface area contributed by atoms with Crippen molar-refractivity contribution < 1.29 is 9.53 Å². The van der Waals surface area contributed by atoms with Crippen molar-refractivity contribution in [3.63, 3.8) is 0 Å². The first kappa shape index (κ1) is 25.5. The first-order valence-corrected chi connectivity index (χ1v) is 8.84. The molecule has 0 aliphatic heterocycles. The van der Waals surface area contributed by atoms with Crippen LogP contribution in [0.15, 0.2) is 17.6 Å². The summed E-state index contributed by atoms with van der Waals surface area (Å²) in [5.41, 5.74) is 0. The van der Waals surface area contributed by atoms with Gasteiger partial charge in [0, 0.05) is 33.6 Å². The van der Waals surface area contributed by atoms with Crippen molar-refractivity contribution in [2.45, 2.75) is 58.3 Å². The fourth-order valence-electron chi connectivity index (χ4n) is 2.32. The zero-order chi connectivity index (χ0) is 17.3. The largest absolute Gasteiger partial charge is 0.466 e. The van der Waals surface area contributed by atoms with Crippen LogP contribution in [0.25, 0.3) is 0 Å². The smallest absolute Gasteiger partial charge is 0.305 e. The molecule has 0 aromatic rings. The summed E-state index contributed by atoms with van der Waals surface area (Å²) in [5, 5.41) is 3.40. The summed E-state index contributed by atoms with van der Waals surface area (Å²) in [6, 6.07) is 0. The normalized spacial score (nSPS) is 10.7. The highest BCUT2D eigenvalue weighted by Gasteiger charge is 2.04. The average Bonchev–Trinajstić information content (AvgIpc) is 2.54. The molecule has 0 aromatic heterocycles. The van der Waals surface area contributed by atoms with E-state index in [1.54, 1.807) is 0 Å². The van der Waals surface area contributed by atoms with Crippen LogP contribution in [0.5, 0.6) is 0 Å². The number of carbonyl (C=O) groups is 1. The molecule has 5 nitrogen and oxygen atoms in total. The number of aliphatic imine (C=N–C) groups is 1. The van der Waals surface area contributed by atoms with Crippen molar-refractivity contribution in [2.24, 2.45) is 4.99 Å². The Kier molecular flexibility index (Phi) is 19.7. The van der Waals surface area contributed by atoms with Gasteiger partial charge < -0.3 is 15.0 Å². The summed E-state index contributed by atoms with van der Waals surface area (Å²) in [7, 11) is 3.88. The molecule has 24 heavy (non-hydrogen) atoms. The van der Waals surface area contributed by atoms with Crippen LogP contribution in [-0.4, -0.2) is 50.6 Å². The molecule has 6 heteroatoms. The Morgan fingerprint density at radius 1 is 1.21 bits per heavy atom. The fourth-order valence-corrected chi connectivity index (χ4v) is 2.32. The number of ether oxygens (including phenoxy) is 1. The standard InChI is InChI=1S/C18H35N3O2.HI/c1-5-7-13-16-21(4)18(19-3)20-15-12-10-8-9-11-14-17(22)23-6-2;/h5H,1,6-16H2,2-4H3,(H,19,20);1H. The molecule has 0 aliphatic rings. The summed E-state index contributed by atoms with van der Waals surface area (Å²) in [6.45, 7) is 7.99. The number of guanidine groups is 1. The van der Waals surface area contributed by atoms with Crippen LogP contribution in [0.1, 0.15) is 58.3 Å². The average molecular weight is 453 g/mol. The van der Waals surface area contributed by atoms with E-state index in [1.807, 2.05) is 20.0 Å². The Bertz CT molecular complexity index is 349. The second-order valence-electron chi connectivity index (χ2n) is 5.65. The third kappa shape index (κ3) is 14.8. The molecule has 1 N–H and O–H groups in total. The van der Waals surface area contributed by atoms with E-state index in [2.05, 4.69) is 28.8 Å². The molecule has 0 amide bonds. The van der Waals surface area contributed by atoms with Gasteiger partial charge in [0.05, 0.1) is 6.61 Å². The minimum absolute atomic E-state index is 0. The van der Waals surface area contributed by atoms with Crippen LogP contribution < -0.4 is 5.32 Å². The number of allylic oxidation sites excluding steroid dienone is 1. The maximum atomic E-state index is 11.2. The second-order valence-corrected chi connectivity index (χ2v) is 5.65. The molecular formula is C18H36IN3O2. The molecule has 0 aliphatic carbocycles. The van der Waals surface area contributed by atoms with E-state index in [0.717, 1.165) is 57.6 Å². The highest BCUT2D eigenvalue weighted by Crippen LogP contribution is 2.06. The summed E-state index contributed by atoms with van der Waals surface area (Å²) < 4.78 is 4.91. The monoisotopic (exact) mass is 453 g/mol. The van der Waals surface area contributed by atoms with Gasteiger partial charge in [-0.25, -0.2) is 0 Å². The number of esters is 1. The van der Waals surface area contributed by atoms with Gasteiger partial charge in [-0.15, -0.1) is 30.6 Å². The Balaban J connectivity index is 0. The SMILES string of the molecule is C=CCCCN(C)C(=NC)NCCCCCCCC(=O)OCC.I. The first-order chi connectivity index (χ1) is 11.2. The van der Waals surface area contributed by atoms with Crippen molar-refractivity contribution in [3.05, 3.63) is 12.7 Å². The minimum Gasteiger partial charge on any atom is -0.466 e. The summed E-state index contributed by atoms with van der Waals surface area (Å²) >= 11 is 0. The van der Waals surface area contributed by atoms with E-state index in [1.165, 1.54) is 6.42 Å². The number of rotatable bonds is 13. The van der Waals surface area contributed by atoms with Crippen LogP contribution in [-0.2, 0) is 9.53 Å². The van der Waals surface area contributed by atoms with Crippen LogP contribution in [0.4, 0.5) is 0 Å². The number of halogens is 1. The Morgan fingerprint density at radius 2 is 1.88 bits per heavy atom. The highest BCUT2D eigenvalue weighted by molar-refractivity contribution is 14.0. The zero-order valence-corrected chi connectivity index (χ0v) is 18.0. The lowest BCUT2D eigenvalue weighted by Gasteiger charge is -2.21. The number of hydrogen-bond donors (Lipinski definition) is 1. The minimum atomic E-state index is -0.0718. The van der Waals surface area contributed by atoms with Gasteiger partial charge in [0.1, 0.15) is 0 Å². The third-order valence-corrected chi connectivity index (χ3v) is 3.62. The lowest BCUT2D eigenvalue weighted by molar-refractivity contribution is -0.143. The van der Waals surface area contributed by atoms with E-state index in [0.29, 0.717) is 13.0 Å². The van der Waals surface area contributed by atoms with Crippen molar-refractivity contribution >= 4 is 35.9 Å². The van der Waals surface area contributed by atoms with Crippen LogP contribution in [0.3, 0.4) is 0 Å². The molecule has 0 spiro atoms. The van der Waals surface area contributed by atoms with Crippen molar-refractivity contribution in [1.29, 1.82) is 0 Å². The van der Waals surface area contributed by atoms with E-state index in [-0.39, 0.29) is 29.9 Å². The molecule has 0 atom stereocenters. The van der Waals surface area contributed by atoms with Gasteiger partial charge in [-0.2, -0.15) is 0 Å². The number of hydrogen-bond acceptors (Lipinski definition) is 3. The van der Waals surface area contributed by atoms with Gasteiger partial charge in [0.2, 0.25) is 0 Å². The Morgan fingerprint density at radius 3 is 2.50 bits per heavy atom. The second kappa shape index (κ2) is 18.5. The van der Waals surface area contributed by atoms with Crippen LogP contribution in [0.2, 0.25) is 0 Å². The molecule has 0 aromatic carbocycles. The molecule has 0 bridgehead atoms. The van der Waals surface area contributed by atoms with Gasteiger partial charge in [0.25, 0.3) is 0 Å². The van der Waals surface area contributed by atoms with Gasteiger partial charge in [-0.05, 0) is 32.6 Å². The molecule has 0 fully saturated rings. The van der Waals surface area contributed by atoms with Crippen LogP contribution >= 0.6 is 24.0 Å². The molecule has 0 saturated heterocycles. The molecule has 0 heterocycles. The topological polar surface area (TPSA) is 53.9 Å². The lowest BCUT2D eigenvalue weighted by Crippen LogP contribution is -2.39. The first-order valence-electron chi connectivity index (χ1n) is 8.84. The van der Waals surface area contributed by atoms with Crippen molar-refractivity contribution in [2.75, 3.05) is 33.8 Å². The Labute approximate surface area is 165 Å². The number of unbranched alkanes of at least 4 members (excludes halogenated alkanes) is 5. The van der Waals surface area contributed by atoms with Gasteiger partial charge in [-0.3, -0.25) is 9.79 Å². The fraction of sp³-hybridized carbons (Fsp3) is 0.778. The van der Waals surface area contributed by atoms with Gasteiger partial charge in [0.15, 0.2) is 5.96 Å². The lowest BCUT2D eigenvalue weighted by atomic mass is 10.1. The number of carbonyl (C=O) groups excluding carboxylic acids is 1. The van der Waals surface area contributed by atoms with Crippen molar-refractivity contribution in [1.82, 2.24) is 10.2 Å². The maximum absolute atomic E-state index is 11.2. The predicted octanol–water partition coefficient (Wildman–Crippen LogP) is 3.98. The molecule has 142 valence electrons. The van der Waals surface area contributed by atoms with E-state index < -0.39 is 0 Å². The molecular weight excluding hydrogens is 417 g/mol. The molecule has 0 unspecified atom stereocenters. The molecule has 0 radical (unpaired) electrons. The summed E-state index contributed by atoms with van der Waals surface area (Å²) in [6.07, 6.45) is 10.1. The molecule has 0 saturated carbocycles. The quantitative estimate of drug-likeness (QED) is 0.115. The van der Waals surface area contributed by atoms with Gasteiger partial charge in [-0.1, -0.05) is 25.3 Å². The van der Waals surface area contributed by atoms with Crippen LogP contribution in [0, 0.1) is 0 Å². The third-order valence-electron chi connectivity index (χ3n) is 3.62. The Hall–Kier alpha value is -0.790. The number of nitrogens with one attached hydrogen (secondary N) is 1. The number of nitrogens with zero attached hydrogens (tertiary/aromatic N) is 2. The summed E-state index contributed by atoms with van der Waals surface area (Å²) in [4.78, 5) is 17.6. The van der Waals surface area contributed by atoms with E-state index in [9.17, 15) is 4.79 Å². The zero-order valence-electron chi connectivity index (χ0n) is 15.7. The molecule has 0 rings (SSSR count). The van der Waals surface area contributed by atoms with Crippen molar-refractivity contribution in [3.8, 4) is 0 Å². The predicted molar refractivity (Wildman–Crippen MR) is 113 cm³/mol. The summed E-state index contributed by atoms with van der Waals surface area (Å²) in [5.74, 6) is 0.883. The van der Waals surface area contributed by atoms with E-state index >= 15 is 0 Å².